The Hall–Kier alpha value is -3.03. The van der Waals surface area contributed by atoms with E-state index in [1.165, 1.54) is 0 Å². The van der Waals surface area contributed by atoms with Crippen LogP contribution in [-0.2, 0) is 4.79 Å². The number of piperazine rings is 1. The fraction of sp³-hybridized carbons (Fsp3) is 0.375. The fourth-order valence-corrected chi connectivity index (χ4v) is 3.96. The van der Waals surface area contributed by atoms with E-state index >= 15 is 0 Å². The number of carbonyl (C=O) groups is 1. The SMILES string of the molecule is Cc1cccc(C)c1NC(=O)CN1CCN(C(C)c2nnc(-c3ccccc3)o2)CC1. The Morgan fingerprint density at radius 3 is 2.35 bits per heavy atom. The van der Waals surface area contributed by atoms with Crippen LogP contribution in [0.25, 0.3) is 11.5 Å². The molecule has 7 heteroatoms. The van der Waals surface area contributed by atoms with Crippen molar-refractivity contribution in [1.29, 1.82) is 0 Å². The summed E-state index contributed by atoms with van der Waals surface area (Å²) in [7, 11) is 0. The number of hydrogen-bond donors (Lipinski definition) is 1. The summed E-state index contributed by atoms with van der Waals surface area (Å²) in [6.45, 7) is 9.86. The molecule has 162 valence electrons. The lowest BCUT2D eigenvalue weighted by atomic mass is 10.1. The topological polar surface area (TPSA) is 74.5 Å². The van der Waals surface area contributed by atoms with Gasteiger partial charge in [0.1, 0.15) is 0 Å². The van der Waals surface area contributed by atoms with Gasteiger partial charge in [0.05, 0.1) is 12.6 Å². The molecular formula is C24H29N5O2. The quantitative estimate of drug-likeness (QED) is 0.657. The monoisotopic (exact) mass is 419 g/mol. The molecule has 2 heterocycles. The highest BCUT2D eigenvalue weighted by atomic mass is 16.4. The zero-order valence-electron chi connectivity index (χ0n) is 18.3. The molecule has 1 N–H and O–H groups in total. The van der Waals surface area contributed by atoms with E-state index in [-0.39, 0.29) is 11.9 Å². The zero-order chi connectivity index (χ0) is 21.8. The Labute approximate surface area is 183 Å². The van der Waals surface area contributed by atoms with Gasteiger partial charge in [0, 0.05) is 37.4 Å². The molecule has 4 rings (SSSR count). The van der Waals surface area contributed by atoms with Crippen LogP contribution in [0.2, 0.25) is 0 Å². The van der Waals surface area contributed by atoms with Gasteiger partial charge in [0.2, 0.25) is 17.7 Å². The van der Waals surface area contributed by atoms with E-state index in [4.69, 9.17) is 4.42 Å². The van der Waals surface area contributed by atoms with E-state index in [0.29, 0.717) is 18.3 Å². The second-order valence-electron chi connectivity index (χ2n) is 8.11. The van der Waals surface area contributed by atoms with Crippen LogP contribution >= 0.6 is 0 Å². The first kappa shape index (κ1) is 21.2. The highest BCUT2D eigenvalue weighted by molar-refractivity contribution is 5.93. The van der Waals surface area contributed by atoms with Crippen molar-refractivity contribution in [3.8, 4) is 11.5 Å². The van der Waals surface area contributed by atoms with Crippen molar-refractivity contribution in [2.24, 2.45) is 0 Å². The van der Waals surface area contributed by atoms with Crippen molar-refractivity contribution in [3.63, 3.8) is 0 Å². The molecule has 0 aliphatic carbocycles. The number of rotatable bonds is 6. The minimum absolute atomic E-state index is 0.0308. The van der Waals surface area contributed by atoms with E-state index < -0.39 is 0 Å². The minimum Gasteiger partial charge on any atom is -0.419 e. The molecular weight excluding hydrogens is 390 g/mol. The molecule has 0 spiro atoms. The van der Waals surface area contributed by atoms with Crippen LogP contribution < -0.4 is 5.32 Å². The molecule has 3 aromatic rings. The number of para-hydroxylation sites is 1. The average molecular weight is 420 g/mol. The van der Waals surface area contributed by atoms with E-state index in [2.05, 4.69) is 32.2 Å². The summed E-state index contributed by atoms with van der Waals surface area (Å²) in [6, 6.07) is 15.9. The van der Waals surface area contributed by atoms with Gasteiger partial charge in [-0.3, -0.25) is 14.6 Å². The van der Waals surface area contributed by atoms with Crippen molar-refractivity contribution in [1.82, 2.24) is 20.0 Å². The first-order chi connectivity index (χ1) is 15.0. The Morgan fingerprint density at radius 2 is 1.68 bits per heavy atom. The molecule has 1 aliphatic heterocycles. The van der Waals surface area contributed by atoms with Crippen LogP contribution in [0.5, 0.6) is 0 Å². The number of nitrogens with zero attached hydrogens (tertiary/aromatic N) is 4. The largest absolute Gasteiger partial charge is 0.419 e. The van der Waals surface area contributed by atoms with Gasteiger partial charge in [0.25, 0.3) is 0 Å². The second-order valence-corrected chi connectivity index (χ2v) is 8.11. The molecule has 1 saturated heterocycles. The van der Waals surface area contributed by atoms with Gasteiger partial charge in [-0.1, -0.05) is 36.4 Å². The lowest BCUT2D eigenvalue weighted by molar-refractivity contribution is -0.117. The number of aryl methyl sites for hydroxylation is 2. The predicted octanol–water partition coefficient (Wildman–Crippen LogP) is 3.67. The molecule has 2 aromatic carbocycles. The van der Waals surface area contributed by atoms with Crippen LogP contribution in [-0.4, -0.2) is 58.6 Å². The summed E-state index contributed by atoms with van der Waals surface area (Å²) in [4.78, 5) is 17.1. The van der Waals surface area contributed by atoms with Gasteiger partial charge < -0.3 is 9.73 Å². The molecule has 0 bridgehead atoms. The average Bonchev–Trinajstić information content (AvgIpc) is 3.27. The molecule has 1 atom stereocenters. The Morgan fingerprint density at radius 1 is 1.00 bits per heavy atom. The molecule has 1 amide bonds. The lowest BCUT2D eigenvalue weighted by Gasteiger charge is -2.36. The van der Waals surface area contributed by atoms with Crippen molar-refractivity contribution in [2.75, 3.05) is 38.0 Å². The molecule has 7 nitrogen and oxygen atoms in total. The smallest absolute Gasteiger partial charge is 0.247 e. The van der Waals surface area contributed by atoms with Crippen LogP contribution in [0.3, 0.4) is 0 Å². The molecule has 1 aromatic heterocycles. The summed E-state index contributed by atoms with van der Waals surface area (Å²) in [5, 5.41) is 11.5. The first-order valence-electron chi connectivity index (χ1n) is 10.7. The van der Waals surface area contributed by atoms with Crippen molar-refractivity contribution in [3.05, 3.63) is 65.5 Å². The number of benzene rings is 2. The van der Waals surface area contributed by atoms with Gasteiger partial charge in [-0.25, -0.2) is 0 Å². The summed E-state index contributed by atoms with van der Waals surface area (Å²) >= 11 is 0. The zero-order valence-corrected chi connectivity index (χ0v) is 18.3. The first-order valence-corrected chi connectivity index (χ1v) is 10.7. The van der Waals surface area contributed by atoms with Crippen LogP contribution in [0, 0.1) is 13.8 Å². The van der Waals surface area contributed by atoms with Gasteiger partial charge in [-0.05, 0) is 44.0 Å². The third-order valence-electron chi connectivity index (χ3n) is 5.89. The van der Waals surface area contributed by atoms with E-state index in [0.717, 1.165) is 48.6 Å². The lowest BCUT2D eigenvalue weighted by Crippen LogP contribution is -2.49. The maximum atomic E-state index is 12.6. The number of aromatic nitrogens is 2. The molecule has 0 radical (unpaired) electrons. The second kappa shape index (κ2) is 9.41. The number of nitrogens with one attached hydrogen (secondary N) is 1. The predicted molar refractivity (Wildman–Crippen MR) is 121 cm³/mol. The van der Waals surface area contributed by atoms with Crippen LogP contribution in [0.4, 0.5) is 5.69 Å². The maximum absolute atomic E-state index is 12.6. The van der Waals surface area contributed by atoms with Gasteiger partial charge in [-0.15, -0.1) is 10.2 Å². The molecule has 1 unspecified atom stereocenters. The van der Waals surface area contributed by atoms with Crippen molar-refractivity contribution >= 4 is 11.6 Å². The van der Waals surface area contributed by atoms with Crippen LogP contribution in [0.1, 0.15) is 30.0 Å². The van der Waals surface area contributed by atoms with E-state index in [9.17, 15) is 4.79 Å². The normalized spacial score (nSPS) is 16.2. The summed E-state index contributed by atoms with van der Waals surface area (Å²) in [5.74, 6) is 1.20. The van der Waals surface area contributed by atoms with Crippen molar-refractivity contribution < 1.29 is 9.21 Å². The Kier molecular flexibility index (Phi) is 6.44. The summed E-state index contributed by atoms with van der Waals surface area (Å²) in [6.07, 6.45) is 0. The minimum atomic E-state index is 0.0308. The van der Waals surface area contributed by atoms with Crippen molar-refractivity contribution in [2.45, 2.75) is 26.8 Å². The summed E-state index contributed by atoms with van der Waals surface area (Å²) < 4.78 is 5.92. The van der Waals surface area contributed by atoms with Gasteiger partial charge >= 0.3 is 0 Å². The standard InChI is InChI=1S/C24H29N5O2/c1-17-8-7-9-18(2)22(17)25-21(30)16-28-12-14-29(15-13-28)19(3)23-26-27-24(31-23)20-10-5-4-6-11-20/h4-11,19H,12-16H2,1-3H3,(H,25,30). The third-order valence-corrected chi connectivity index (χ3v) is 5.89. The highest BCUT2D eigenvalue weighted by Gasteiger charge is 2.26. The number of anilines is 1. The summed E-state index contributed by atoms with van der Waals surface area (Å²) in [5.41, 5.74) is 4.02. The van der Waals surface area contributed by atoms with E-state index in [1.54, 1.807) is 0 Å². The molecule has 1 aliphatic rings. The highest BCUT2D eigenvalue weighted by Crippen LogP contribution is 2.25. The maximum Gasteiger partial charge on any atom is 0.247 e. The molecule has 31 heavy (non-hydrogen) atoms. The number of amides is 1. The van der Waals surface area contributed by atoms with Gasteiger partial charge in [-0.2, -0.15) is 0 Å². The number of hydrogen-bond acceptors (Lipinski definition) is 6. The van der Waals surface area contributed by atoms with Crippen LogP contribution in [0.15, 0.2) is 52.9 Å². The fourth-order valence-electron chi connectivity index (χ4n) is 3.96. The van der Waals surface area contributed by atoms with Gasteiger partial charge in [0.15, 0.2) is 0 Å². The molecule has 1 fully saturated rings. The number of carbonyl (C=O) groups excluding carboxylic acids is 1. The Balaban J connectivity index is 1.29. The Bertz CT molecular complexity index is 1010. The molecule has 0 saturated carbocycles. The van der Waals surface area contributed by atoms with E-state index in [1.807, 2.05) is 62.4 Å². The third kappa shape index (κ3) is 5.00.